The van der Waals surface area contributed by atoms with Crippen LogP contribution in [0.2, 0.25) is 5.02 Å². The molecule has 8 nitrogen and oxygen atoms in total. The molecule has 0 bridgehead atoms. The fourth-order valence-corrected chi connectivity index (χ4v) is 4.31. The molecular weight excluding hydrogens is 462 g/mol. The normalized spacial score (nSPS) is 10.3. The molecule has 31 heavy (non-hydrogen) atoms. The van der Waals surface area contributed by atoms with E-state index >= 15 is 0 Å². The molecule has 0 aliphatic rings. The predicted molar refractivity (Wildman–Crippen MR) is 124 cm³/mol. The summed E-state index contributed by atoms with van der Waals surface area (Å²) in [5.41, 5.74) is 5.12. The molecule has 3 rings (SSSR count). The van der Waals surface area contributed by atoms with Gasteiger partial charge in [-0.2, -0.15) is 0 Å². The van der Waals surface area contributed by atoms with Gasteiger partial charge in [0, 0.05) is 15.6 Å². The second-order valence-corrected chi connectivity index (χ2v) is 7.86. The van der Waals surface area contributed by atoms with Gasteiger partial charge in [-0.05, 0) is 30.4 Å². The van der Waals surface area contributed by atoms with E-state index in [-0.39, 0.29) is 10.7 Å². The van der Waals surface area contributed by atoms with Crippen LogP contribution in [0.4, 0.5) is 0 Å². The Morgan fingerprint density at radius 1 is 0.968 bits per heavy atom. The number of carbonyl (C=O) groups excluding carboxylic acids is 2. The van der Waals surface area contributed by atoms with Crippen molar-refractivity contribution in [1.29, 1.82) is 0 Å². The Bertz CT molecular complexity index is 1140. The lowest BCUT2D eigenvalue weighted by Gasteiger charge is -2.15. The third-order valence-electron chi connectivity index (χ3n) is 4.18. The lowest BCUT2D eigenvalue weighted by atomic mass is 10.1. The maximum absolute atomic E-state index is 12.5. The van der Waals surface area contributed by atoms with E-state index in [1.54, 1.807) is 0 Å². The Hall–Kier alpha value is -3.08. The second kappa shape index (κ2) is 9.82. The topological polar surface area (TPSA) is 97.9 Å². The minimum Gasteiger partial charge on any atom is -0.493 e. The summed E-state index contributed by atoms with van der Waals surface area (Å²) in [6.45, 7) is 0. The third-order valence-corrected chi connectivity index (χ3v) is 6.06. The van der Waals surface area contributed by atoms with Gasteiger partial charge in [-0.15, -0.1) is 11.3 Å². The van der Waals surface area contributed by atoms with E-state index < -0.39 is 11.8 Å². The number of ether oxygens (including phenoxy) is 3. The van der Waals surface area contributed by atoms with Gasteiger partial charge in [-0.3, -0.25) is 25.8 Å². The number of rotatable bonds is 5. The standard InChI is InChI=1S/C20H18ClN3O5S2/c1-27-12-8-10(9-13(28-2)16(12)29-3)18(25)23-24-20(30)22-19(26)17-15(21)11-6-4-5-7-14(11)31-17/h4-9H,1-3H3,(H,23,25)(H2,22,24,26,30). The molecule has 3 N–H and O–H groups in total. The minimum absolute atomic E-state index is 0.0979. The molecule has 1 heterocycles. The molecule has 0 saturated carbocycles. The summed E-state index contributed by atoms with van der Waals surface area (Å²) >= 11 is 12.6. The number of amides is 2. The van der Waals surface area contributed by atoms with Crippen LogP contribution in [0.3, 0.4) is 0 Å². The number of halogens is 1. The predicted octanol–water partition coefficient (Wildman–Crippen LogP) is 3.53. The minimum atomic E-state index is -0.532. The van der Waals surface area contributed by atoms with Gasteiger partial charge in [0.15, 0.2) is 16.6 Å². The van der Waals surface area contributed by atoms with Gasteiger partial charge in [0.25, 0.3) is 11.8 Å². The van der Waals surface area contributed by atoms with Crippen molar-refractivity contribution >= 4 is 62.2 Å². The molecule has 0 unspecified atom stereocenters. The Labute approximate surface area is 192 Å². The molecule has 2 aromatic carbocycles. The van der Waals surface area contributed by atoms with Crippen LogP contribution >= 0.6 is 35.2 Å². The highest BCUT2D eigenvalue weighted by molar-refractivity contribution is 7.80. The van der Waals surface area contributed by atoms with Crippen molar-refractivity contribution < 1.29 is 23.8 Å². The molecular formula is C20H18ClN3O5S2. The van der Waals surface area contributed by atoms with Crippen LogP contribution in [-0.4, -0.2) is 38.3 Å². The van der Waals surface area contributed by atoms with E-state index in [1.165, 1.54) is 44.8 Å². The molecule has 0 radical (unpaired) electrons. The third kappa shape index (κ3) is 4.82. The molecule has 3 aromatic rings. The lowest BCUT2D eigenvalue weighted by Crippen LogP contribution is -2.48. The van der Waals surface area contributed by atoms with Crippen LogP contribution in [0.15, 0.2) is 36.4 Å². The number of hydrogen-bond donors (Lipinski definition) is 3. The van der Waals surface area contributed by atoms with Crippen LogP contribution in [-0.2, 0) is 0 Å². The van der Waals surface area contributed by atoms with Crippen molar-refractivity contribution in [2.75, 3.05) is 21.3 Å². The summed E-state index contributed by atoms with van der Waals surface area (Å²) < 4.78 is 16.6. The highest BCUT2D eigenvalue weighted by Crippen LogP contribution is 2.38. The maximum Gasteiger partial charge on any atom is 0.269 e. The number of carbonyl (C=O) groups is 2. The van der Waals surface area contributed by atoms with Gasteiger partial charge >= 0.3 is 0 Å². The largest absolute Gasteiger partial charge is 0.493 e. The number of benzene rings is 2. The number of methoxy groups -OCH3 is 3. The average Bonchev–Trinajstić information content (AvgIpc) is 3.13. The van der Waals surface area contributed by atoms with Crippen LogP contribution in [0, 0.1) is 0 Å². The van der Waals surface area contributed by atoms with E-state index in [1.807, 2.05) is 24.3 Å². The number of thiophene rings is 1. The zero-order valence-electron chi connectivity index (χ0n) is 16.7. The molecule has 11 heteroatoms. The summed E-state index contributed by atoms with van der Waals surface area (Å²) in [4.78, 5) is 25.3. The molecule has 1 aromatic heterocycles. The fourth-order valence-electron chi connectivity index (χ4n) is 2.75. The molecule has 0 saturated heterocycles. The molecule has 0 aliphatic heterocycles. The van der Waals surface area contributed by atoms with Crippen LogP contribution in [0.1, 0.15) is 20.0 Å². The number of fused-ring (bicyclic) bond motifs is 1. The van der Waals surface area contributed by atoms with E-state index in [0.29, 0.717) is 27.1 Å². The first-order valence-electron chi connectivity index (χ1n) is 8.78. The summed E-state index contributed by atoms with van der Waals surface area (Å²) in [5, 5.41) is 3.53. The number of thiocarbonyl (C=S) groups is 1. The van der Waals surface area contributed by atoms with Gasteiger partial charge in [0.05, 0.1) is 26.4 Å². The molecule has 2 amide bonds. The lowest BCUT2D eigenvalue weighted by molar-refractivity contribution is 0.0934. The molecule has 162 valence electrons. The molecule has 0 atom stereocenters. The summed E-state index contributed by atoms with van der Waals surface area (Å²) in [5.74, 6) is -0.0106. The smallest absolute Gasteiger partial charge is 0.269 e. The zero-order chi connectivity index (χ0) is 22.5. The molecule has 0 spiro atoms. The van der Waals surface area contributed by atoms with E-state index in [9.17, 15) is 9.59 Å². The Morgan fingerprint density at radius 3 is 2.19 bits per heavy atom. The van der Waals surface area contributed by atoms with Crippen molar-refractivity contribution in [2.45, 2.75) is 0 Å². The first-order valence-corrected chi connectivity index (χ1v) is 10.4. The average molecular weight is 480 g/mol. The summed E-state index contributed by atoms with van der Waals surface area (Å²) in [6.07, 6.45) is 0. The van der Waals surface area contributed by atoms with Crippen molar-refractivity contribution in [1.82, 2.24) is 16.2 Å². The van der Waals surface area contributed by atoms with Crippen molar-refractivity contribution in [2.24, 2.45) is 0 Å². The monoisotopic (exact) mass is 479 g/mol. The van der Waals surface area contributed by atoms with Gasteiger partial charge in [-0.1, -0.05) is 29.8 Å². The zero-order valence-corrected chi connectivity index (χ0v) is 19.1. The Balaban J connectivity index is 1.66. The van der Waals surface area contributed by atoms with Crippen molar-refractivity contribution in [3.05, 3.63) is 51.9 Å². The van der Waals surface area contributed by atoms with Crippen LogP contribution in [0.25, 0.3) is 10.1 Å². The van der Waals surface area contributed by atoms with Gasteiger partial charge < -0.3 is 14.2 Å². The maximum atomic E-state index is 12.5. The quantitative estimate of drug-likeness (QED) is 0.380. The summed E-state index contributed by atoms with van der Waals surface area (Å²) in [7, 11) is 4.35. The van der Waals surface area contributed by atoms with Crippen LogP contribution in [0.5, 0.6) is 17.2 Å². The summed E-state index contributed by atoms with van der Waals surface area (Å²) in [6, 6.07) is 10.4. The Morgan fingerprint density at radius 2 is 1.61 bits per heavy atom. The van der Waals surface area contributed by atoms with Crippen LogP contribution < -0.4 is 30.4 Å². The second-order valence-electron chi connectivity index (χ2n) is 6.02. The fraction of sp³-hybridized carbons (Fsp3) is 0.150. The van der Waals surface area contributed by atoms with E-state index in [4.69, 9.17) is 38.0 Å². The number of hydrazine groups is 1. The SMILES string of the molecule is COc1cc(C(=O)NNC(=S)NC(=O)c2sc3ccccc3c2Cl)cc(OC)c1OC. The first kappa shape index (κ1) is 22.6. The van der Waals surface area contributed by atoms with E-state index in [2.05, 4.69) is 16.2 Å². The first-order chi connectivity index (χ1) is 14.9. The van der Waals surface area contributed by atoms with Gasteiger partial charge in [-0.25, -0.2) is 0 Å². The van der Waals surface area contributed by atoms with Crippen molar-refractivity contribution in [3.63, 3.8) is 0 Å². The number of hydrogen-bond acceptors (Lipinski definition) is 7. The highest BCUT2D eigenvalue weighted by atomic mass is 35.5. The molecule has 0 fully saturated rings. The molecule has 0 aliphatic carbocycles. The van der Waals surface area contributed by atoms with Crippen molar-refractivity contribution in [3.8, 4) is 17.2 Å². The number of nitrogens with one attached hydrogen (secondary N) is 3. The Kier molecular flexibility index (Phi) is 7.16. The van der Waals surface area contributed by atoms with Gasteiger partial charge in [0.2, 0.25) is 5.75 Å². The highest BCUT2D eigenvalue weighted by Gasteiger charge is 2.19. The van der Waals surface area contributed by atoms with E-state index in [0.717, 1.165) is 10.1 Å². The van der Waals surface area contributed by atoms with Gasteiger partial charge in [0.1, 0.15) is 4.88 Å².